The molecule has 0 amide bonds. The molecule has 0 unspecified atom stereocenters. The van der Waals surface area contributed by atoms with Crippen molar-refractivity contribution in [3.8, 4) is 11.6 Å². The molecule has 4 rings (SSSR count). The topological polar surface area (TPSA) is 82.8 Å². The van der Waals surface area contributed by atoms with Gasteiger partial charge in [-0.15, -0.1) is 10.2 Å². The molecule has 0 saturated heterocycles. The van der Waals surface area contributed by atoms with Gasteiger partial charge >= 0.3 is 0 Å². The van der Waals surface area contributed by atoms with Crippen LogP contribution in [0.1, 0.15) is 56.8 Å². The Balaban J connectivity index is 1.60. The Morgan fingerprint density at radius 2 is 2.12 bits per heavy atom. The number of furan rings is 1. The summed E-state index contributed by atoms with van der Waals surface area (Å²) in [5, 5.41) is 13.6. The molecule has 0 bridgehead atoms. The van der Waals surface area contributed by atoms with Crippen molar-refractivity contribution in [3.63, 3.8) is 0 Å². The van der Waals surface area contributed by atoms with Crippen LogP contribution in [0.3, 0.4) is 0 Å². The van der Waals surface area contributed by atoms with Crippen molar-refractivity contribution in [2.24, 2.45) is 0 Å². The summed E-state index contributed by atoms with van der Waals surface area (Å²) in [6, 6.07) is 4.23. The average Bonchev–Trinajstić information content (AvgIpc) is 3.39. The Morgan fingerprint density at radius 1 is 1.24 bits per heavy atom. The highest BCUT2D eigenvalue weighted by Crippen LogP contribution is 2.36. The molecule has 1 fully saturated rings. The van der Waals surface area contributed by atoms with Crippen LogP contribution >= 0.6 is 11.8 Å². The van der Waals surface area contributed by atoms with E-state index >= 15 is 0 Å². The molecular weight excluding hydrogens is 338 g/mol. The fourth-order valence-corrected chi connectivity index (χ4v) is 4.08. The SMILES string of the molecule is CCc1noc(CSc2nnc(-c3ccco3)n2C2CCCCC2)n1. The number of rotatable bonds is 6. The zero-order valence-electron chi connectivity index (χ0n) is 14.2. The third-order valence-corrected chi connectivity index (χ3v) is 5.42. The van der Waals surface area contributed by atoms with Gasteiger partial charge < -0.3 is 8.94 Å². The maximum absolute atomic E-state index is 5.57. The third kappa shape index (κ3) is 3.49. The first-order chi connectivity index (χ1) is 12.3. The predicted octanol–water partition coefficient (Wildman–Crippen LogP) is 4.28. The quantitative estimate of drug-likeness (QED) is 0.607. The van der Waals surface area contributed by atoms with Crippen molar-refractivity contribution >= 4 is 11.8 Å². The van der Waals surface area contributed by atoms with Crippen LogP contribution < -0.4 is 0 Å². The van der Waals surface area contributed by atoms with Crippen LogP contribution in [0.2, 0.25) is 0 Å². The van der Waals surface area contributed by atoms with Gasteiger partial charge in [-0.2, -0.15) is 4.98 Å². The second-order valence-corrected chi connectivity index (χ2v) is 7.13. The second-order valence-electron chi connectivity index (χ2n) is 6.19. The van der Waals surface area contributed by atoms with Gasteiger partial charge in [0.05, 0.1) is 12.0 Å². The largest absolute Gasteiger partial charge is 0.461 e. The zero-order valence-corrected chi connectivity index (χ0v) is 15.0. The van der Waals surface area contributed by atoms with Gasteiger partial charge in [0.1, 0.15) is 0 Å². The van der Waals surface area contributed by atoms with E-state index in [0.29, 0.717) is 17.7 Å². The van der Waals surface area contributed by atoms with Gasteiger partial charge in [0.25, 0.3) is 0 Å². The third-order valence-electron chi connectivity index (χ3n) is 4.50. The highest BCUT2D eigenvalue weighted by Gasteiger charge is 2.25. The Kier molecular flexibility index (Phi) is 4.87. The highest BCUT2D eigenvalue weighted by atomic mass is 32.2. The van der Waals surface area contributed by atoms with Gasteiger partial charge in [0.15, 0.2) is 16.7 Å². The van der Waals surface area contributed by atoms with Crippen molar-refractivity contribution in [1.82, 2.24) is 24.9 Å². The lowest BCUT2D eigenvalue weighted by molar-refractivity contribution is 0.337. The first-order valence-electron chi connectivity index (χ1n) is 8.78. The molecule has 0 spiro atoms. The Hall–Kier alpha value is -2.09. The van der Waals surface area contributed by atoms with E-state index in [4.69, 9.17) is 8.94 Å². The molecule has 0 aliphatic heterocycles. The monoisotopic (exact) mass is 359 g/mol. The fourth-order valence-electron chi connectivity index (χ4n) is 3.24. The summed E-state index contributed by atoms with van der Waals surface area (Å²) in [6.45, 7) is 2.01. The van der Waals surface area contributed by atoms with Gasteiger partial charge in [0.2, 0.25) is 11.7 Å². The fraction of sp³-hybridized carbons (Fsp3) is 0.529. The zero-order chi connectivity index (χ0) is 17.1. The van der Waals surface area contributed by atoms with Crippen LogP contribution in [-0.2, 0) is 12.2 Å². The molecule has 0 atom stereocenters. The lowest BCUT2D eigenvalue weighted by Crippen LogP contribution is -2.15. The molecule has 3 heterocycles. The van der Waals surface area contributed by atoms with E-state index in [0.717, 1.165) is 41.8 Å². The Bertz CT molecular complexity index is 805. The molecular formula is C17H21N5O2S. The summed E-state index contributed by atoms with van der Waals surface area (Å²) in [5.41, 5.74) is 0. The van der Waals surface area contributed by atoms with Crippen molar-refractivity contribution in [1.29, 1.82) is 0 Å². The van der Waals surface area contributed by atoms with Crippen LogP contribution in [0.15, 0.2) is 32.5 Å². The lowest BCUT2D eigenvalue weighted by atomic mass is 9.95. The normalized spacial score (nSPS) is 15.7. The number of hydrogen-bond acceptors (Lipinski definition) is 7. The van der Waals surface area contributed by atoms with E-state index < -0.39 is 0 Å². The minimum atomic E-state index is 0.417. The summed E-state index contributed by atoms with van der Waals surface area (Å²) in [6.07, 6.45) is 8.54. The maximum atomic E-state index is 5.57. The van der Waals surface area contributed by atoms with Crippen LogP contribution in [0, 0.1) is 0 Å². The smallest absolute Gasteiger partial charge is 0.237 e. The summed E-state index contributed by atoms with van der Waals surface area (Å²) in [5.74, 6) is 3.52. The molecule has 8 heteroatoms. The molecule has 0 aromatic carbocycles. The van der Waals surface area contributed by atoms with E-state index in [1.807, 2.05) is 19.1 Å². The molecule has 1 aliphatic carbocycles. The van der Waals surface area contributed by atoms with Crippen molar-refractivity contribution in [2.75, 3.05) is 0 Å². The van der Waals surface area contributed by atoms with E-state index in [-0.39, 0.29) is 0 Å². The van der Waals surface area contributed by atoms with E-state index in [1.54, 1.807) is 18.0 Å². The minimum absolute atomic E-state index is 0.417. The average molecular weight is 359 g/mol. The van der Waals surface area contributed by atoms with Crippen molar-refractivity contribution < 1.29 is 8.94 Å². The van der Waals surface area contributed by atoms with E-state index in [9.17, 15) is 0 Å². The Labute approximate surface area is 150 Å². The molecule has 1 saturated carbocycles. The van der Waals surface area contributed by atoms with Gasteiger partial charge in [-0.25, -0.2) is 0 Å². The molecule has 7 nitrogen and oxygen atoms in total. The van der Waals surface area contributed by atoms with E-state index in [2.05, 4.69) is 24.9 Å². The molecule has 3 aromatic rings. The van der Waals surface area contributed by atoms with Gasteiger partial charge in [0, 0.05) is 12.5 Å². The standard InChI is InChI=1S/C17H21N5O2S/c1-2-14-18-15(24-21-14)11-25-17-20-19-16(13-9-6-10-23-13)22(17)12-7-4-3-5-8-12/h6,9-10,12H,2-5,7-8,11H2,1H3. The second kappa shape index (κ2) is 7.43. The van der Waals surface area contributed by atoms with Gasteiger partial charge in [-0.05, 0) is 25.0 Å². The predicted molar refractivity (Wildman–Crippen MR) is 93.1 cm³/mol. The van der Waals surface area contributed by atoms with Crippen LogP contribution in [0.4, 0.5) is 0 Å². The summed E-state index contributed by atoms with van der Waals surface area (Å²) >= 11 is 1.59. The number of hydrogen-bond donors (Lipinski definition) is 0. The number of aryl methyl sites for hydroxylation is 1. The maximum Gasteiger partial charge on any atom is 0.237 e. The first kappa shape index (κ1) is 16.4. The number of nitrogens with zero attached hydrogens (tertiary/aromatic N) is 5. The highest BCUT2D eigenvalue weighted by molar-refractivity contribution is 7.98. The molecule has 3 aromatic heterocycles. The molecule has 0 N–H and O–H groups in total. The molecule has 1 aliphatic rings. The summed E-state index contributed by atoms with van der Waals surface area (Å²) in [4.78, 5) is 4.37. The molecule has 0 radical (unpaired) electrons. The summed E-state index contributed by atoms with van der Waals surface area (Å²) in [7, 11) is 0. The lowest BCUT2D eigenvalue weighted by Gasteiger charge is -2.25. The van der Waals surface area contributed by atoms with Gasteiger partial charge in [-0.1, -0.05) is 43.1 Å². The minimum Gasteiger partial charge on any atom is -0.461 e. The molecule has 132 valence electrons. The van der Waals surface area contributed by atoms with Crippen molar-refractivity contribution in [2.45, 2.75) is 62.4 Å². The first-order valence-corrected chi connectivity index (χ1v) is 9.76. The number of thioether (sulfide) groups is 1. The van der Waals surface area contributed by atoms with Crippen LogP contribution in [0.5, 0.6) is 0 Å². The van der Waals surface area contributed by atoms with Crippen LogP contribution in [-0.4, -0.2) is 24.9 Å². The van der Waals surface area contributed by atoms with Gasteiger partial charge in [-0.3, -0.25) is 4.57 Å². The number of aromatic nitrogens is 5. The van der Waals surface area contributed by atoms with Crippen LogP contribution in [0.25, 0.3) is 11.6 Å². The van der Waals surface area contributed by atoms with E-state index in [1.165, 1.54) is 19.3 Å². The van der Waals surface area contributed by atoms with Crippen molar-refractivity contribution in [3.05, 3.63) is 30.1 Å². The summed E-state index contributed by atoms with van der Waals surface area (Å²) < 4.78 is 13.1. The Morgan fingerprint density at radius 3 is 2.84 bits per heavy atom. The molecule has 25 heavy (non-hydrogen) atoms.